The maximum Gasteiger partial charge on any atom is 0.272 e. The molecule has 1 atom stereocenters. The van der Waals surface area contributed by atoms with Crippen molar-refractivity contribution in [1.82, 2.24) is 20.0 Å². The predicted molar refractivity (Wildman–Crippen MR) is 169 cm³/mol. The number of rotatable bonds is 12. The zero-order chi connectivity index (χ0) is 32.8. The van der Waals surface area contributed by atoms with E-state index in [0.29, 0.717) is 31.6 Å². The van der Waals surface area contributed by atoms with Crippen LogP contribution in [0.1, 0.15) is 76.4 Å². The number of hydrogen-bond donors (Lipinski definition) is 1. The average Bonchev–Trinajstić information content (AvgIpc) is 3.46. The third-order valence-electron chi connectivity index (χ3n) is 8.42. The molecule has 0 aliphatic carbocycles. The molecule has 1 fully saturated rings. The molecule has 1 aliphatic heterocycles. The SMILES string of the molecule is CC(=O)CC[C@H](NC(=O)c1cc(OCC(=O)C(C)(C)C)n(-c2ccccc2)n1)C(=O)N1CCC(C(C)=O)(c2ccccc2)CC1. The van der Waals surface area contributed by atoms with Crippen LogP contribution in [0.2, 0.25) is 0 Å². The minimum absolute atomic E-state index is 0.00370. The summed E-state index contributed by atoms with van der Waals surface area (Å²) in [6, 6.07) is 19.1. The Morgan fingerprint density at radius 3 is 2.09 bits per heavy atom. The number of carbonyl (C=O) groups excluding carboxylic acids is 5. The van der Waals surface area contributed by atoms with Crippen LogP contribution in [0.25, 0.3) is 5.69 Å². The molecule has 1 saturated heterocycles. The van der Waals surface area contributed by atoms with Crippen molar-refractivity contribution >= 4 is 29.2 Å². The lowest BCUT2D eigenvalue weighted by Gasteiger charge is -2.41. The lowest BCUT2D eigenvalue weighted by Crippen LogP contribution is -2.54. The highest BCUT2D eigenvalue weighted by atomic mass is 16.5. The van der Waals surface area contributed by atoms with Gasteiger partial charge in [-0.2, -0.15) is 5.10 Å². The van der Waals surface area contributed by atoms with Crippen LogP contribution in [0, 0.1) is 5.41 Å². The molecule has 0 saturated carbocycles. The first-order valence-corrected chi connectivity index (χ1v) is 15.3. The number of nitrogens with one attached hydrogen (secondary N) is 1. The van der Waals surface area contributed by atoms with Crippen molar-refractivity contribution in [2.75, 3.05) is 19.7 Å². The third kappa shape index (κ3) is 7.92. The number of para-hydroxylation sites is 1. The summed E-state index contributed by atoms with van der Waals surface area (Å²) in [5, 5.41) is 7.25. The first-order valence-electron chi connectivity index (χ1n) is 15.3. The molecular formula is C35H42N4O6. The molecule has 1 aliphatic rings. The number of ketones is 3. The second kappa shape index (κ2) is 14.0. The van der Waals surface area contributed by atoms with Crippen molar-refractivity contribution in [2.45, 2.75) is 71.8 Å². The molecule has 10 heteroatoms. The Hall–Kier alpha value is -4.60. The summed E-state index contributed by atoms with van der Waals surface area (Å²) in [6.45, 7) is 8.89. The van der Waals surface area contributed by atoms with Crippen molar-refractivity contribution in [2.24, 2.45) is 5.41 Å². The molecule has 0 bridgehead atoms. The summed E-state index contributed by atoms with van der Waals surface area (Å²) >= 11 is 0. The molecule has 0 spiro atoms. The summed E-state index contributed by atoms with van der Waals surface area (Å²) in [4.78, 5) is 66.3. The van der Waals surface area contributed by atoms with Gasteiger partial charge in [0.25, 0.3) is 5.91 Å². The van der Waals surface area contributed by atoms with Gasteiger partial charge in [-0.05, 0) is 50.8 Å². The van der Waals surface area contributed by atoms with Crippen LogP contribution in [-0.4, -0.2) is 69.6 Å². The highest BCUT2D eigenvalue weighted by molar-refractivity contribution is 5.97. The predicted octanol–water partition coefficient (Wildman–Crippen LogP) is 4.48. The number of Topliss-reactive ketones (excluding diaryl/α,β-unsaturated/α-hetero) is 3. The number of benzene rings is 2. The Bertz CT molecular complexity index is 1530. The summed E-state index contributed by atoms with van der Waals surface area (Å²) in [5.74, 6) is -0.895. The second-order valence-electron chi connectivity index (χ2n) is 12.7. The van der Waals surface area contributed by atoms with E-state index in [2.05, 4.69) is 10.4 Å². The maximum atomic E-state index is 13.8. The van der Waals surface area contributed by atoms with Crippen LogP contribution in [0.15, 0.2) is 66.7 Å². The summed E-state index contributed by atoms with van der Waals surface area (Å²) < 4.78 is 7.27. The molecule has 1 N–H and O–H groups in total. The molecule has 3 aromatic rings. The molecule has 0 unspecified atom stereocenters. The van der Waals surface area contributed by atoms with Gasteiger partial charge in [0.2, 0.25) is 11.8 Å². The van der Waals surface area contributed by atoms with Gasteiger partial charge in [-0.1, -0.05) is 69.3 Å². The maximum absolute atomic E-state index is 13.8. The fraction of sp³-hybridized carbons (Fsp3) is 0.429. The molecule has 2 amide bonds. The van der Waals surface area contributed by atoms with E-state index in [0.717, 1.165) is 5.56 Å². The fourth-order valence-electron chi connectivity index (χ4n) is 5.46. The van der Waals surface area contributed by atoms with Gasteiger partial charge in [0.1, 0.15) is 24.2 Å². The molecule has 4 rings (SSSR count). The Balaban J connectivity index is 1.54. The first-order chi connectivity index (χ1) is 21.3. The summed E-state index contributed by atoms with van der Waals surface area (Å²) in [5.41, 5.74) is 0.269. The van der Waals surface area contributed by atoms with Crippen LogP contribution in [0.3, 0.4) is 0 Å². The van der Waals surface area contributed by atoms with Gasteiger partial charge in [0.15, 0.2) is 11.5 Å². The standard InChI is InChI=1S/C35H42N4O6/c1-24(40)16-17-28(33(44)38-20-18-35(19-21-38,25(2)41)26-12-8-6-9-13-26)36-32(43)29-22-31(45-23-30(42)34(3,4)5)39(37-29)27-14-10-7-11-15-27/h6-15,22,28H,16-21,23H2,1-5H3,(H,36,43)/t28-/m0/s1. The van der Waals surface area contributed by atoms with E-state index in [4.69, 9.17) is 4.74 Å². The van der Waals surface area contributed by atoms with E-state index in [-0.39, 0.29) is 54.3 Å². The Morgan fingerprint density at radius 2 is 1.53 bits per heavy atom. The van der Waals surface area contributed by atoms with E-state index in [1.165, 1.54) is 17.7 Å². The lowest BCUT2D eigenvalue weighted by atomic mass is 9.70. The number of likely N-dealkylation sites (tertiary alicyclic amines) is 1. The van der Waals surface area contributed by atoms with Crippen molar-refractivity contribution in [3.8, 4) is 11.6 Å². The van der Waals surface area contributed by atoms with Crippen LogP contribution in [0.5, 0.6) is 5.88 Å². The van der Waals surface area contributed by atoms with E-state index in [1.54, 1.807) is 44.7 Å². The van der Waals surface area contributed by atoms with E-state index in [1.807, 2.05) is 48.5 Å². The topological polar surface area (TPSA) is 128 Å². The van der Waals surface area contributed by atoms with Crippen molar-refractivity contribution in [3.63, 3.8) is 0 Å². The monoisotopic (exact) mass is 614 g/mol. The van der Waals surface area contributed by atoms with Crippen molar-refractivity contribution < 1.29 is 28.7 Å². The van der Waals surface area contributed by atoms with Gasteiger partial charge in [0, 0.05) is 31.0 Å². The van der Waals surface area contributed by atoms with E-state index < -0.39 is 22.8 Å². The van der Waals surface area contributed by atoms with Crippen LogP contribution in [-0.2, 0) is 24.6 Å². The summed E-state index contributed by atoms with van der Waals surface area (Å²) in [6.07, 6.45) is 1.14. The quantitative estimate of drug-likeness (QED) is 0.319. The lowest BCUT2D eigenvalue weighted by molar-refractivity contribution is -0.137. The average molecular weight is 615 g/mol. The third-order valence-corrected chi connectivity index (χ3v) is 8.42. The van der Waals surface area contributed by atoms with Crippen molar-refractivity contribution in [1.29, 1.82) is 0 Å². The second-order valence-corrected chi connectivity index (χ2v) is 12.7. The molecular weight excluding hydrogens is 572 g/mol. The molecule has 45 heavy (non-hydrogen) atoms. The highest BCUT2D eigenvalue weighted by Gasteiger charge is 2.42. The Kier molecular flexibility index (Phi) is 10.4. The van der Waals surface area contributed by atoms with Gasteiger partial charge < -0.3 is 19.7 Å². The molecule has 238 valence electrons. The van der Waals surface area contributed by atoms with Crippen LogP contribution in [0.4, 0.5) is 0 Å². The normalized spacial score (nSPS) is 15.2. The minimum Gasteiger partial charge on any atom is -0.470 e. The van der Waals surface area contributed by atoms with Crippen LogP contribution >= 0.6 is 0 Å². The summed E-state index contributed by atoms with van der Waals surface area (Å²) in [7, 11) is 0. The van der Waals surface area contributed by atoms with Gasteiger partial charge >= 0.3 is 0 Å². The van der Waals surface area contributed by atoms with Gasteiger partial charge in [-0.3, -0.25) is 19.2 Å². The fourth-order valence-corrected chi connectivity index (χ4v) is 5.46. The molecule has 1 aromatic heterocycles. The van der Waals surface area contributed by atoms with Crippen LogP contribution < -0.4 is 10.1 Å². The molecule has 2 aromatic carbocycles. The largest absolute Gasteiger partial charge is 0.470 e. The molecule has 2 heterocycles. The number of ether oxygens (including phenoxy) is 1. The van der Waals surface area contributed by atoms with Crippen molar-refractivity contribution in [3.05, 3.63) is 78.0 Å². The number of aromatic nitrogens is 2. The number of hydrogen-bond acceptors (Lipinski definition) is 7. The zero-order valence-electron chi connectivity index (χ0n) is 26.7. The van der Waals surface area contributed by atoms with Gasteiger partial charge in [-0.15, -0.1) is 0 Å². The minimum atomic E-state index is -0.975. The zero-order valence-corrected chi connectivity index (χ0v) is 26.7. The number of carbonyl (C=O) groups is 5. The highest BCUT2D eigenvalue weighted by Crippen LogP contribution is 2.36. The van der Waals surface area contributed by atoms with E-state index in [9.17, 15) is 24.0 Å². The smallest absolute Gasteiger partial charge is 0.272 e. The molecule has 10 nitrogen and oxygen atoms in total. The molecule has 0 radical (unpaired) electrons. The first kappa shape index (κ1) is 33.3. The van der Waals surface area contributed by atoms with Gasteiger partial charge in [0.05, 0.1) is 11.1 Å². The van der Waals surface area contributed by atoms with Gasteiger partial charge in [-0.25, -0.2) is 4.68 Å². The number of piperidine rings is 1. The Labute approximate surface area is 264 Å². The number of nitrogens with zero attached hydrogens (tertiary/aromatic N) is 3. The Morgan fingerprint density at radius 1 is 0.933 bits per heavy atom. The van der Waals surface area contributed by atoms with E-state index >= 15 is 0 Å². The number of amides is 2.